The molecule has 4 heteroatoms. The van der Waals surface area contributed by atoms with E-state index in [-0.39, 0.29) is 0 Å². The summed E-state index contributed by atoms with van der Waals surface area (Å²) >= 11 is 3.75. The Morgan fingerprint density at radius 2 is 0.897 bits per heavy atom. The molecule has 0 spiro atoms. The number of benzene rings is 9. The molecule has 58 heavy (non-hydrogen) atoms. The molecule has 0 radical (unpaired) electrons. The van der Waals surface area contributed by atoms with Crippen molar-refractivity contribution < 1.29 is 4.42 Å². The Morgan fingerprint density at radius 1 is 0.345 bits per heavy atom. The highest BCUT2D eigenvalue weighted by Gasteiger charge is 2.23. The summed E-state index contributed by atoms with van der Waals surface area (Å²) in [6.45, 7) is 0. The summed E-state index contributed by atoms with van der Waals surface area (Å²) in [4.78, 5) is 2.40. The first kappa shape index (κ1) is 33.2. The largest absolute Gasteiger partial charge is 0.454 e. The Labute approximate surface area is 343 Å². The zero-order valence-corrected chi connectivity index (χ0v) is 32.9. The van der Waals surface area contributed by atoms with E-state index in [4.69, 9.17) is 4.42 Å². The number of anilines is 3. The Hall–Kier alpha value is -6.98. The van der Waals surface area contributed by atoms with Crippen molar-refractivity contribution in [3.63, 3.8) is 0 Å². The molecule has 3 heterocycles. The molecule has 0 aliphatic carbocycles. The zero-order valence-electron chi connectivity index (χ0n) is 31.2. The minimum atomic E-state index is 0.876. The molecule has 272 valence electrons. The predicted octanol–water partition coefficient (Wildman–Crippen LogP) is 16.8. The molecule has 3 aromatic heterocycles. The number of para-hydroxylation sites is 2. The maximum atomic E-state index is 6.71. The van der Waals surface area contributed by atoms with Crippen molar-refractivity contribution in [2.75, 3.05) is 4.90 Å². The predicted molar refractivity (Wildman–Crippen MR) is 250 cm³/mol. The van der Waals surface area contributed by atoms with Gasteiger partial charge in [-0.2, -0.15) is 0 Å². The number of nitrogens with zero attached hydrogens (tertiary/aromatic N) is 1. The molecular weight excluding hydrogens is 743 g/mol. The fourth-order valence-electron chi connectivity index (χ4n) is 8.77. The lowest BCUT2D eigenvalue weighted by Crippen LogP contribution is -2.10. The van der Waals surface area contributed by atoms with Gasteiger partial charge in [-0.05, 0) is 69.8 Å². The van der Waals surface area contributed by atoms with Crippen molar-refractivity contribution in [3.05, 3.63) is 200 Å². The third kappa shape index (κ3) is 5.23. The summed E-state index contributed by atoms with van der Waals surface area (Å²) < 4.78 is 11.9. The molecule has 0 saturated heterocycles. The van der Waals surface area contributed by atoms with Crippen molar-refractivity contribution in [2.24, 2.45) is 0 Å². The summed E-state index contributed by atoms with van der Waals surface area (Å²) in [6, 6.07) is 72.4. The molecule has 0 atom stereocenters. The fraction of sp³-hybridized carbons (Fsp3) is 0. The molecule has 12 rings (SSSR count). The van der Waals surface area contributed by atoms with Crippen LogP contribution in [-0.4, -0.2) is 0 Å². The molecule has 0 bridgehead atoms. The van der Waals surface area contributed by atoms with E-state index < -0.39 is 0 Å². The van der Waals surface area contributed by atoms with Gasteiger partial charge >= 0.3 is 0 Å². The molecule has 9 aromatic carbocycles. The summed E-state index contributed by atoms with van der Waals surface area (Å²) in [5, 5.41) is 7.36. The summed E-state index contributed by atoms with van der Waals surface area (Å²) in [5.41, 5.74) is 12.4. The van der Waals surface area contributed by atoms with Crippen molar-refractivity contribution in [3.8, 4) is 33.4 Å². The Kier molecular flexibility index (Phi) is 7.62. The van der Waals surface area contributed by atoms with Gasteiger partial charge in [0.1, 0.15) is 5.58 Å². The van der Waals surface area contributed by atoms with Gasteiger partial charge in [0, 0.05) is 52.1 Å². The summed E-state index contributed by atoms with van der Waals surface area (Å²) in [6.07, 6.45) is 0. The van der Waals surface area contributed by atoms with Gasteiger partial charge in [-0.3, -0.25) is 0 Å². The number of hydrogen-bond acceptors (Lipinski definition) is 4. The van der Waals surface area contributed by atoms with Crippen LogP contribution in [0, 0.1) is 0 Å². The van der Waals surface area contributed by atoms with Gasteiger partial charge in [0.15, 0.2) is 5.58 Å². The van der Waals surface area contributed by atoms with Crippen LogP contribution in [0.4, 0.5) is 17.1 Å². The van der Waals surface area contributed by atoms with Crippen molar-refractivity contribution in [2.45, 2.75) is 0 Å². The lowest BCUT2D eigenvalue weighted by atomic mass is 10.0. The van der Waals surface area contributed by atoms with E-state index in [0.717, 1.165) is 39.0 Å². The molecule has 2 nitrogen and oxygen atoms in total. The maximum Gasteiger partial charge on any atom is 0.159 e. The average molecular weight is 776 g/mol. The molecule has 0 aliphatic rings. The highest BCUT2D eigenvalue weighted by molar-refractivity contribution is 7.27. The molecule has 0 fully saturated rings. The Morgan fingerprint density at radius 3 is 1.62 bits per heavy atom. The van der Waals surface area contributed by atoms with E-state index >= 15 is 0 Å². The van der Waals surface area contributed by atoms with E-state index in [0.29, 0.717) is 0 Å². The van der Waals surface area contributed by atoms with Gasteiger partial charge in [-0.25, -0.2) is 0 Å². The normalized spacial score (nSPS) is 11.8. The van der Waals surface area contributed by atoms with E-state index in [2.05, 4.69) is 199 Å². The molecule has 0 unspecified atom stereocenters. The van der Waals surface area contributed by atoms with Crippen molar-refractivity contribution in [1.82, 2.24) is 0 Å². The Balaban J connectivity index is 1.02. The average Bonchev–Trinajstić information content (AvgIpc) is 3.99. The highest BCUT2D eigenvalue weighted by Crippen LogP contribution is 2.49. The van der Waals surface area contributed by atoms with Crippen LogP contribution in [0.3, 0.4) is 0 Å². The number of thiophene rings is 2. The van der Waals surface area contributed by atoms with Crippen molar-refractivity contribution in [1.29, 1.82) is 0 Å². The molecule has 12 aromatic rings. The van der Waals surface area contributed by atoms with Gasteiger partial charge in [0.25, 0.3) is 0 Å². The summed E-state index contributed by atoms with van der Waals surface area (Å²) in [5.74, 6) is 0. The van der Waals surface area contributed by atoms with Crippen LogP contribution in [0.1, 0.15) is 0 Å². The first-order valence-corrected chi connectivity index (χ1v) is 21.2. The van der Waals surface area contributed by atoms with Gasteiger partial charge in [-0.1, -0.05) is 164 Å². The molecule has 0 saturated carbocycles. The Bertz CT molecular complexity index is 3500. The van der Waals surface area contributed by atoms with E-state index in [1.54, 1.807) is 0 Å². The summed E-state index contributed by atoms with van der Waals surface area (Å²) in [7, 11) is 0. The van der Waals surface area contributed by atoms with Gasteiger partial charge in [0.05, 0.1) is 16.1 Å². The molecule has 0 aliphatic heterocycles. The second kappa shape index (κ2) is 13.3. The van der Waals surface area contributed by atoms with Gasteiger partial charge < -0.3 is 9.32 Å². The molecule has 0 amide bonds. The lowest BCUT2D eigenvalue weighted by Gasteiger charge is -2.26. The maximum absolute atomic E-state index is 6.71. The number of fused-ring (bicyclic) bond motifs is 9. The van der Waals surface area contributed by atoms with Crippen molar-refractivity contribution >= 4 is 102 Å². The van der Waals surface area contributed by atoms with Crippen LogP contribution in [-0.2, 0) is 0 Å². The van der Waals surface area contributed by atoms with Crippen LogP contribution in [0.2, 0.25) is 0 Å². The molecular formula is C54H33NOS2. The van der Waals surface area contributed by atoms with E-state index in [9.17, 15) is 0 Å². The fourth-order valence-corrected chi connectivity index (χ4v) is 11.4. The first-order chi connectivity index (χ1) is 28.8. The lowest BCUT2D eigenvalue weighted by molar-refractivity contribution is 0.669. The third-order valence-electron chi connectivity index (χ3n) is 11.5. The second-order valence-electron chi connectivity index (χ2n) is 14.8. The monoisotopic (exact) mass is 775 g/mol. The third-order valence-corrected chi connectivity index (χ3v) is 14.0. The topological polar surface area (TPSA) is 16.4 Å². The van der Waals surface area contributed by atoms with Crippen LogP contribution >= 0.6 is 22.7 Å². The van der Waals surface area contributed by atoms with Crippen LogP contribution in [0.5, 0.6) is 0 Å². The van der Waals surface area contributed by atoms with Crippen LogP contribution in [0.15, 0.2) is 205 Å². The first-order valence-electron chi connectivity index (χ1n) is 19.6. The number of rotatable bonds is 6. The minimum Gasteiger partial charge on any atom is -0.454 e. The van der Waals surface area contributed by atoms with Crippen LogP contribution in [0.25, 0.3) is 95.7 Å². The van der Waals surface area contributed by atoms with E-state index in [1.165, 1.54) is 73.7 Å². The number of furan rings is 1. The quantitative estimate of drug-likeness (QED) is 0.167. The standard InChI is InChI=1S/C54H33NOS2/c1-3-13-35(14-4-1)39-18-9-21-44-42-32-29-37(33-50(42)57-52(39)44)34-27-30-38(31-28-34)55(47-24-11-20-43-41-17-7-8-26-49(41)56-51(43)47)48-25-12-23-46-45-22-10-19-40(53(45)58-54(46)48)36-15-5-2-6-16-36/h1-33H. The number of hydrogen-bond donors (Lipinski definition) is 0. The second-order valence-corrected chi connectivity index (χ2v) is 16.9. The highest BCUT2D eigenvalue weighted by atomic mass is 32.1. The molecule has 0 N–H and O–H groups in total. The van der Waals surface area contributed by atoms with Gasteiger partial charge in [-0.15, -0.1) is 22.7 Å². The SMILES string of the molecule is c1ccc(-c2cccc3c2sc2cc(-c4ccc(N(c5cccc6c5oc5ccccc56)c5cccc6c5sc5c(-c7ccccc7)cccc56)cc4)ccc23)cc1. The van der Waals surface area contributed by atoms with Crippen LogP contribution < -0.4 is 4.90 Å². The zero-order chi connectivity index (χ0) is 38.2. The van der Waals surface area contributed by atoms with E-state index in [1.807, 2.05) is 28.7 Å². The van der Waals surface area contributed by atoms with Gasteiger partial charge in [0.2, 0.25) is 0 Å². The minimum absolute atomic E-state index is 0.876. The smallest absolute Gasteiger partial charge is 0.159 e.